The summed E-state index contributed by atoms with van der Waals surface area (Å²) < 4.78 is 27.7. The zero-order valence-electron chi connectivity index (χ0n) is 15.1. The van der Waals surface area contributed by atoms with Crippen LogP contribution in [0.2, 0.25) is 0 Å². The summed E-state index contributed by atoms with van der Waals surface area (Å²) in [4.78, 5) is 11.6. The van der Waals surface area contributed by atoms with Crippen molar-refractivity contribution in [2.24, 2.45) is 0 Å². The molecule has 0 spiro atoms. The van der Waals surface area contributed by atoms with Gasteiger partial charge in [-0.15, -0.1) is 11.8 Å². The maximum absolute atomic E-state index is 12.6. The molecule has 0 bridgehead atoms. The van der Waals surface area contributed by atoms with Crippen molar-refractivity contribution in [2.45, 2.75) is 54.1 Å². The first-order valence-corrected chi connectivity index (χ1v) is 11.3. The van der Waals surface area contributed by atoms with E-state index < -0.39 is 14.9 Å². The van der Waals surface area contributed by atoms with E-state index in [0.29, 0.717) is 5.25 Å². The molecule has 0 radical (unpaired) electrons. The van der Waals surface area contributed by atoms with Gasteiger partial charge in [0.2, 0.25) is 0 Å². The van der Waals surface area contributed by atoms with E-state index in [0.717, 1.165) is 23.3 Å². The lowest BCUT2D eigenvalue weighted by Gasteiger charge is -2.21. The lowest BCUT2D eigenvalue weighted by atomic mass is 10.0. The minimum atomic E-state index is -3.80. The van der Waals surface area contributed by atoms with Crippen LogP contribution in [-0.2, 0) is 10.0 Å². The Labute approximate surface area is 163 Å². The number of hydrogen-bond acceptors (Lipinski definition) is 5. The first-order chi connectivity index (χ1) is 12.8. The molecule has 0 aliphatic heterocycles. The largest absolute Gasteiger partial charge is 0.279 e. The van der Waals surface area contributed by atoms with E-state index in [1.807, 2.05) is 6.92 Å². The quantitative estimate of drug-likeness (QED) is 0.531. The van der Waals surface area contributed by atoms with Gasteiger partial charge in [0, 0.05) is 22.3 Å². The van der Waals surface area contributed by atoms with Crippen LogP contribution >= 0.6 is 11.8 Å². The van der Waals surface area contributed by atoms with Crippen LogP contribution in [0.1, 0.15) is 37.7 Å². The Bertz CT molecular complexity index is 921. The van der Waals surface area contributed by atoms with Crippen LogP contribution in [0.25, 0.3) is 0 Å². The van der Waals surface area contributed by atoms with E-state index >= 15 is 0 Å². The van der Waals surface area contributed by atoms with Crippen LogP contribution < -0.4 is 4.72 Å². The fraction of sp³-hybridized carbons (Fsp3) is 0.368. The zero-order valence-corrected chi connectivity index (χ0v) is 16.7. The van der Waals surface area contributed by atoms with Gasteiger partial charge < -0.3 is 0 Å². The van der Waals surface area contributed by atoms with Gasteiger partial charge in [-0.2, -0.15) is 0 Å². The van der Waals surface area contributed by atoms with Gasteiger partial charge in [0.15, 0.2) is 0 Å². The Morgan fingerprint density at radius 3 is 2.37 bits per heavy atom. The summed E-state index contributed by atoms with van der Waals surface area (Å²) >= 11 is 1.59. The third-order valence-corrected chi connectivity index (χ3v) is 7.25. The number of non-ortho nitro benzene ring substituents is 1. The van der Waals surface area contributed by atoms with E-state index in [4.69, 9.17) is 0 Å². The van der Waals surface area contributed by atoms with Crippen molar-refractivity contribution in [3.05, 3.63) is 58.1 Å². The Hall–Kier alpha value is -2.06. The standard InChI is InChI=1S/C19H22N2O4S2/c1-14-7-9-19(10-8-14)27(24,25)20-15-11-16(21(22)23)13-18(12-15)26-17-5-3-2-4-6-17/h7-13,17,20H,2-6H2,1H3. The zero-order chi connectivity index (χ0) is 19.4. The average Bonchev–Trinajstić information content (AvgIpc) is 2.62. The second-order valence-electron chi connectivity index (χ2n) is 6.77. The van der Waals surface area contributed by atoms with Gasteiger partial charge in [0.05, 0.1) is 15.5 Å². The molecule has 1 fully saturated rings. The predicted octanol–water partition coefficient (Wildman–Crippen LogP) is 5.13. The highest BCUT2D eigenvalue weighted by Gasteiger charge is 2.20. The molecule has 0 heterocycles. The highest BCUT2D eigenvalue weighted by atomic mass is 32.2. The molecule has 144 valence electrons. The molecule has 6 nitrogen and oxygen atoms in total. The van der Waals surface area contributed by atoms with Gasteiger partial charge in [0.25, 0.3) is 15.7 Å². The molecule has 0 atom stereocenters. The number of nitrogens with one attached hydrogen (secondary N) is 1. The van der Waals surface area contributed by atoms with Crippen LogP contribution in [0, 0.1) is 17.0 Å². The number of nitro benzene ring substituents is 1. The fourth-order valence-corrected chi connectivity index (χ4v) is 5.50. The van der Waals surface area contributed by atoms with E-state index in [1.165, 1.54) is 43.5 Å². The molecule has 2 aromatic carbocycles. The second kappa shape index (κ2) is 8.31. The summed E-state index contributed by atoms with van der Waals surface area (Å²) in [7, 11) is -3.80. The summed E-state index contributed by atoms with van der Waals surface area (Å²) in [5.41, 5.74) is 1.05. The summed E-state index contributed by atoms with van der Waals surface area (Å²) in [6, 6.07) is 10.9. The normalized spacial score (nSPS) is 15.4. The molecule has 3 rings (SSSR count). The molecule has 0 saturated heterocycles. The number of thioether (sulfide) groups is 1. The molecular formula is C19H22N2O4S2. The first kappa shape index (κ1) is 19.7. The minimum Gasteiger partial charge on any atom is -0.279 e. The molecule has 1 aliphatic carbocycles. The summed E-state index contributed by atoms with van der Waals surface area (Å²) in [6.07, 6.45) is 5.72. The lowest BCUT2D eigenvalue weighted by Crippen LogP contribution is -2.13. The van der Waals surface area contributed by atoms with Crippen molar-refractivity contribution < 1.29 is 13.3 Å². The highest BCUT2D eigenvalue weighted by molar-refractivity contribution is 8.00. The van der Waals surface area contributed by atoms with Gasteiger partial charge >= 0.3 is 0 Å². The number of aryl methyl sites for hydroxylation is 1. The summed E-state index contributed by atoms with van der Waals surface area (Å²) in [6.45, 7) is 1.87. The number of nitrogens with zero attached hydrogens (tertiary/aromatic N) is 1. The smallest absolute Gasteiger partial charge is 0.272 e. The van der Waals surface area contributed by atoms with Crippen molar-refractivity contribution in [1.29, 1.82) is 0 Å². The van der Waals surface area contributed by atoms with Gasteiger partial charge in [-0.25, -0.2) is 8.42 Å². The minimum absolute atomic E-state index is 0.114. The molecule has 0 amide bonds. The van der Waals surface area contributed by atoms with E-state index in [-0.39, 0.29) is 16.3 Å². The molecule has 27 heavy (non-hydrogen) atoms. The molecular weight excluding hydrogens is 384 g/mol. The Morgan fingerprint density at radius 1 is 1.07 bits per heavy atom. The van der Waals surface area contributed by atoms with Crippen molar-refractivity contribution in [1.82, 2.24) is 0 Å². The van der Waals surface area contributed by atoms with Crippen LogP contribution in [0.15, 0.2) is 52.3 Å². The van der Waals surface area contributed by atoms with Crippen LogP contribution in [0.4, 0.5) is 11.4 Å². The van der Waals surface area contributed by atoms with Gasteiger partial charge in [0.1, 0.15) is 0 Å². The third-order valence-electron chi connectivity index (χ3n) is 4.54. The lowest BCUT2D eigenvalue weighted by molar-refractivity contribution is -0.385. The van der Waals surface area contributed by atoms with Crippen LogP contribution in [-0.4, -0.2) is 18.6 Å². The molecule has 1 N–H and O–H groups in total. The number of nitro groups is 1. The van der Waals surface area contributed by atoms with Crippen molar-refractivity contribution in [3.8, 4) is 0 Å². The summed E-state index contributed by atoms with van der Waals surface area (Å²) in [5, 5.41) is 11.7. The number of rotatable bonds is 6. The van der Waals surface area contributed by atoms with Gasteiger partial charge in [-0.3, -0.25) is 14.8 Å². The number of sulfonamides is 1. The fourth-order valence-electron chi connectivity index (χ4n) is 3.12. The Balaban J connectivity index is 1.87. The maximum Gasteiger partial charge on any atom is 0.272 e. The predicted molar refractivity (Wildman–Crippen MR) is 108 cm³/mol. The maximum atomic E-state index is 12.6. The van der Waals surface area contributed by atoms with Gasteiger partial charge in [-0.05, 0) is 38.0 Å². The Morgan fingerprint density at radius 2 is 1.74 bits per heavy atom. The number of anilines is 1. The SMILES string of the molecule is Cc1ccc(S(=O)(=O)Nc2cc(SC3CCCCC3)cc([N+](=O)[O-])c2)cc1. The monoisotopic (exact) mass is 406 g/mol. The summed E-state index contributed by atoms with van der Waals surface area (Å²) in [5.74, 6) is 0. The number of hydrogen-bond donors (Lipinski definition) is 1. The molecule has 0 aromatic heterocycles. The van der Waals surface area contributed by atoms with Crippen molar-refractivity contribution in [2.75, 3.05) is 4.72 Å². The molecule has 2 aromatic rings. The van der Waals surface area contributed by atoms with E-state index in [1.54, 1.807) is 30.0 Å². The van der Waals surface area contributed by atoms with Crippen molar-refractivity contribution in [3.63, 3.8) is 0 Å². The number of benzene rings is 2. The van der Waals surface area contributed by atoms with Crippen LogP contribution in [0.3, 0.4) is 0 Å². The molecule has 1 aliphatic rings. The Kier molecular flexibility index (Phi) is 6.06. The molecule has 8 heteroatoms. The van der Waals surface area contributed by atoms with Gasteiger partial charge in [-0.1, -0.05) is 37.0 Å². The van der Waals surface area contributed by atoms with E-state index in [2.05, 4.69) is 4.72 Å². The highest BCUT2D eigenvalue weighted by Crippen LogP contribution is 2.36. The van der Waals surface area contributed by atoms with E-state index in [9.17, 15) is 18.5 Å². The first-order valence-electron chi connectivity index (χ1n) is 8.89. The van der Waals surface area contributed by atoms with Crippen molar-refractivity contribution >= 4 is 33.2 Å². The molecule has 1 saturated carbocycles. The van der Waals surface area contributed by atoms with Crippen LogP contribution in [0.5, 0.6) is 0 Å². The topological polar surface area (TPSA) is 89.3 Å². The molecule has 0 unspecified atom stereocenters. The average molecular weight is 407 g/mol. The second-order valence-corrected chi connectivity index (χ2v) is 9.83. The third kappa shape index (κ3) is 5.23.